The lowest BCUT2D eigenvalue weighted by atomic mass is 9.99. The smallest absolute Gasteiger partial charge is 0.315 e. The third-order valence-corrected chi connectivity index (χ3v) is 4.25. The van der Waals surface area contributed by atoms with Crippen LogP contribution in [-0.4, -0.2) is 34.4 Å². The van der Waals surface area contributed by atoms with Gasteiger partial charge in [-0.15, -0.1) is 0 Å². The number of rotatable bonds is 7. The Balaban J connectivity index is 1.63. The molecule has 0 spiro atoms. The average Bonchev–Trinajstić information content (AvgIpc) is 2.97. The molecule has 1 heterocycles. The molecular formula is C16H25N3O3. The first-order valence-electron chi connectivity index (χ1n) is 7.98. The summed E-state index contributed by atoms with van der Waals surface area (Å²) in [6.45, 7) is 1.22. The Morgan fingerprint density at radius 2 is 2.05 bits per heavy atom. The van der Waals surface area contributed by atoms with E-state index in [0.29, 0.717) is 13.1 Å². The standard InChI is InChI=1S/C16H25N3O3/c20-13-16(8-2-3-9-16)18-15(22)17-10-4-6-12-19-11-5-1-7-14(19)21/h1,5,7,11,20H,2-4,6,8-10,12-13H2,(H2,17,18,22). The fraction of sp³-hybridized carbons (Fsp3) is 0.625. The molecule has 2 amide bonds. The van der Waals surface area contributed by atoms with E-state index in [1.807, 2.05) is 6.07 Å². The molecule has 0 aliphatic heterocycles. The largest absolute Gasteiger partial charge is 0.394 e. The van der Waals surface area contributed by atoms with Crippen LogP contribution in [0.4, 0.5) is 4.79 Å². The molecule has 0 unspecified atom stereocenters. The average molecular weight is 307 g/mol. The van der Waals surface area contributed by atoms with Crippen molar-refractivity contribution in [2.75, 3.05) is 13.2 Å². The summed E-state index contributed by atoms with van der Waals surface area (Å²) >= 11 is 0. The Labute approximate surface area is 130 Å². The number of hydrogen-bond donors (Lipinski definition) is 3. The Bertz CT molecular complexity index is 535. The van der Waals surface area contributed by atoms with E-state index in [9.17, 15) is 14.7 Å². The van der Waals surface area contributed by atoms with Gasteiger partial charge < -0.3 is 20.3 Å². The van der Waals surface area contributed by atoms with Gasteiger partial charge in [0, 0.05) is 25.4 Å². The third kappa shape index (κ3) is 4.59. The molecule has 0 saturated heterocycles. The fourth-order valence-corrected chi connectivity index (χ4v) is 2.91. The van der Waals surface area contributed by atoms with E-state index in [4.69, 9.17) is 0 Å². The van der Waals surface area contributed by atoms with Gasteiger partial charge in [0.15, 0.2) is 0 Å². The molecule has 0 aromatic carbocycles. The van der Waals surface area contributed by atoms with Crippen LogP contribution in [0.5, 0.6) is 0 Å². The molecule has 6 heteroatoms. The number of nitrogens with one attached hydrogen (secondary N) is 2. The normalized spacial score (nSPS) is 16.4. The molecule has 1 fully saturated rings. The molecule has 22 heavy (non-hydrogen) atoms. The third-order valence-electron chi connectivity index (χ3n) is 4.25. The molecule has 0 atom stereocenters. The second-order valence-corrected chi connectivity index (χ2v) is 5.97. The van der Waals surface area contributed by atoms with Crippen LogP contribution in [0.3, 0.4) is 0 Å². The predicted octanol–water partition coefficient (Wildman–Crippen LogP) is 1.23. The Morgan fingerprint density at radius 1 is 1.27 bits per heavy atom. The minimum Gasteiger partial charge on any atom is -0.394 e. The summed E-state index contributed by atoms with van der Waals surface area (Å²) in [6, 6.07) is 4.89. The van der Waals surface area contributed by atoms with E-state index < -0.39 is 5.54 Å². The van der Waals surface area contributed by atoms with Gasteiger partial charge in [-0.2, -0.15) is 0 Å². The molecule has 1 aliphatic rings. The molecule has 1 aromatic heterocycles. The van der Waals surface area contributed by atoms with Crippen molar-refractivity contribution in [1.29, 1.82) is 0 Å². The van der Waals surface area contributed by atoms with E-state index in [1.165, 1.54) is 0 Å². The van der Waals surface area contributed by atoms with Crippen molar-refractivity contribution in [1.82, 2.24) is 15.2 Å². The van der Waals surface area contributed by atoms with Crippen molar-refractivity contribution in [2.45, 2.75) is 50.6 Å². The van der Waals surface area contributed by atoms with Crippen LogP contribution in [0.1, 0.15) is 38.5 Å². The molecule has 0 bridgehead atoms. The summed E-state index contributed by atoms with van der Waals surface area (Å²) in [5.74, 6) is 0. The van der Waals surface area contributed by atoms with Crippen molar-refractivity contribution >= 4 is 6.03 Å². The monoisotopic (exact) mass is 307 g/mol. The number of unbranched alkanes of at least 4 members (excludes halogenated alkanes) is 1. The van der Waals surface area contributed by atoms with Crippen molar-refractivity contribution in [3.05, 3.63) is 34.7 Å². The number of hydrogen-bond acceptors (Lipinski definition) is 3. The summed E-state index contributed by atoms with van der Waals surface area (Å²) in [7, 11) is 0. The zero-order valence-corrected chi connectivity index (χ0v) is 12.9. The number of carbonyl (C=O) groups is 1. The van der Waals surface area contributed by atoms with Gasteiger partial charge in [-0.25, -0.2) is 4.79 Å². The van der Waals surface area contributed by atoms with E-state index in [0.717, 1.165) is 38.5 Å². The van der Waals surface area contributed by atoms with Crippen molar-refractivity contribution in [3.63, 3.8) is 0 Å². The topological polar surface area (TPSA) is 83.4 Å². The molecular weight excluding hydrogens is 282 g/mol. The Morgan fingerprint density at radius 3 is 2.73 bits per heavy atom. The van der Waals surface area contributed by atoms with Crippen molar-refractivity contribution in [2.24, 2.45) is 0 Å². The first-order chi connectivity index (χ1) is 10.7. The number of carbonyl (C=O) groups excluding carboxylic acids is 1. The number of aliphatic hydroxyl groups is 1. The Hall–Kier alpha value is -1.82. The quantitative estimate of drug-likeness (QED) is 0.663. The summed E-state index contributed by atoms with van der Waals surface area (Å²) in [5.41, 5.74) is -0.430. The lowest BCUT2D eigenvalue weighted by Gasteiger charge is -2.27. The fourth-order valence-electron chi connectivity index (χ4n) is 2.91. The van der Waals surface area contributed by atoms with E-state index in [-0.39, 0.29) is 18.2 Å². The van der Waals surface area contributed by atoms with Gasteiger partial charge in [-0.1, -0.05) is 18.9 Å². The molecule has 2 rings (SSSR count). The molecule has 0 radical (unpaired) electrons. The van der Waals surface area contributed by atoms with Crippen LogP contribution in [-0.2, 0) is 6.54 Å². The number of aryl methyl sites for hydroxylation is 1. The maximum Gasteiger partial charge on any atom is 0.315 e. The molecule has 122 valence electrons. The first-order valence-corrected chi connectivity index (χ1v) is 7.98. The van der Waals surface area contributed by atoms with Crippen LogP contribution >= 0.6 is 0 Å². The summed E-state index contributed by atoms with van der Waals surface area (Å²) in [6.07, 6.45) is 7.19. The summed E-state index contributed by atoms with van der Waals surface area (Å²) in [5, 5.41) is 15.2. The maximum absolute atomic E-state index is 11.9. The van der Waals surface area contributed by atoms with E-state index in [1.54, 1.807) is 22.9 Å². The van der Waals surface area contributed by atoms with Gasteiger partial charge in [0.2, 0.25) is 5.56 Å². The number of aliphatic hydroxyl groups excluding tert-OH is 1. The number of nitrogens with zero attached hydrogens (tertiary/aromatic N) is 1. The lowest BCUT2D eigenvalue weighted by molar-refractivity contribution is 0.163. The van der Waals surface area contributed by atoms with Gasteiger partial charge in [0.25, 0.3) is 0 Å². The highest BCUT2D eigenvalue weighted by atomic mass is 16.3. The molecule has 3 N–H and O–H groups in total. The highest BCUT2D eigenvalue weighted by Crippen LogP contribution is 2.28. The minimum atomic E-state index is -0.429. The molecule has 1 aromatic rings. The van der Waals surface area contributed by atoms with Gasteiger partial charge >= 0.3 is 6.03 Å². The number of amides is 2. The highest BCUT2D eigenvalue weighted by Gasteiger charge is 2.34. The van der Waals surface area contributed by atoms with Crippen molar-refractivity contribution in [3.8, 4) is 0 Å². The van der Waals surface area contributed by atoms with Crippen LogP contribution < -0.4 is 16.2 Å². The number of aromatic nitrogens is 1. The number of pyridine rings is 1. The number of urea groups is 1. The second kappa shape index (κ2) is 7.98. The second-order valence-electron chi connectivity index (χ2n) is 5.97. The summed E-state index contributed by atoms with van der Waals surface area (Å²) in [4.78, 5) is 23.4. The van der Waals surface area contributed by atoms with Crippen LogP contribution in [0.2, 0.25) is 0 Å². The van der Waals surface area contributed by atoms with Gasteiger partial charge in [-0.3, -0.25) is 4.79 Å². The summed E-state index contributed by atoms with van der Waals surface area (Å²) < 4.78 is 1.67. The predicted molar refractivity (Wildman–Crippen MR) is 84.8 cm³/mol. The zero-order chi connectivity index (χ0) is 15.8. The van der Waals surface area contributed by atoms with Crippen molar-refractivity contribution < 1.29 is 9.90 Å². The lowest BCUT2D eigenvalue weighted by Crippen LogP contribution is -2.52. The molecule has 6 nitrogen and oxygen atoms in total. The van der Waals surface area contributed by atoms with Gasteiger partial charge in [0.05, 0.1) is 12.1 Å². The van der Waals surface area contributed by atoms with E-state index in [2.05, 4.69) is 10.6 Å². The van der Waals surface area contributed by atoms with Crippen LogP contribution in [0.25, 0.3) is 0 Å². The highest BCUT2D eigenvalue weighted by molar-refractivity contribution is 5.74. The van der Waals surface area contributed by atoms with E-state index >= 15 is 0 Å². The SMILES string of the molecule is O=C(NCCCCn1ccccc1=O)NC1(CO)CCCC1. The molecule has 1 aliphatic carbocycles. The Kier molecular flexibility index (Phi) is 6.00. The zero-order valence-electron chi connectivity index (χ0n) is 12.9. The van der Waals surface area contributed by atoms with Crippen LogP contribution in [0.15, 0.2) is 29.2 Å². The molecule has 1 saturated carbocycles. The maximum atomic E-state index is 11.9. The minimum absolute atomic E-state index is 0.000627. The van der Waals surface area contributed by atoms with Gasteiger partial charge in [-0.05, 0) is 31.7 Å². The first kappa shape index (κ1) is 16.5. The van der Waals surface area contributed by atoms with Gasteiger partial charge in [0.1, 0.15) is 0 Å². The van der Waals surface area contributed by atoms with Crippen LogP contribution in [0, 0.1) is 0 Å².